The Bertz CT molecular complexity index is 580. The third kappa shape index (κ3) is 10.00. The summed E-state index contributed by atoms with van der Waals surface area (Å²) in [5.74, 6) is 0.877. The van der Waals surface area contributed by atoms with Gasteiger partial charge in [-0.15, -0.1) is 24.0 Å². The molecule has 0 aromatic heterocycles. The van der Waals surface area contributed by atoms with Gasteiger partial charge in [0.2, 0.25) is 0 Å². The highest BCUT2D eigenvalue weighted by atomic mass is 127. The molecule has 0 aliphatic carbocycles. The predicted octanol–water partition coefficient (Wildman–Crippen LogP) is 3.96. The molecule has 2 N–H and O–H groups in total. The van der Waals surface area contributed by atoms with E-state index in [1.165, 1.54) is 37.2 Å². The van der Waals surface area contributed by atoms with Crippen molar-refractivity contribution in [1.82, 2.24) is 10.6 Å². The number of ether oxygens (including phenoxy) is 2. The summed E-state index contributed by atoms with van der Waals surface area (Å²) in [6, 6.07) is 9.09. The molecule has 166 valence electrons. The van der Waals surface area contributed by atoms with E-state index in [9.17, 15) is 0 Å². The maximum Gasteiger partial charge on any atom is 0.191 e. The Morgan fingerprint density at radius 2 is 1.97 bits per heavy atom. The Labute approximate surface area is 193 Å². The normalized spacial score (nSPS) is 15.1. The summed E-state index contributed by atoms with van der Waals surface area (Å²) < 4.78 is 10.5. The van der Waals surface area contributed by atoms with Crippen LogP contribution in [-0.2, 0) is 9.47 Å². The van der Waals surface area contributed by atoms with E-state index in [-0.39, 0.29) is 30.0 Å². The number of hydrogen-bond acceptors (Lipinski definition) is 4. The van der Waals surface area contributed by atoms with Gasteiger partial charge in [-0.1, -0.05) is 12.1 Å². The third-order valence-corrected chi connectivity index (χ3v) is 4.94. The van der Waals surface area contributed by atoms with E-state index in [0.717, 1.165) is 38.5 Å². The zero-order valence-corrected chi connectivity index (χ0v) is 20.6. The van der Waals surface area contributed by atoms with E-state index < -0.39 is 0 Å². The summed E-state index contributed by atoms with van der Waals surface area (Å²) in [6.07, 6.45) is 4.63. The van der Waals surface area contributed by atoms with Crippen LogP contribution in [0.3, 0.4) is 0 Å². The highest BCUT2D eigenvalue weighted by Gasteiger charge is 2.14. The van der Waals surface area contributed by atoms with E-state index in [2.05, 4.69) is 53.6 Å². The quantitative estimate of drug-likeness (QED) is 0.190. The van der Waals surface area contributed by atoms with Crippen LogP contribution in [-0.4, -0.2) is 59.1 Å². The minimum atomic E-state index is 0. The molecule has 1 fully saturated rings. The first-order valence-electron chi connectivity index (χ1n) is 10.7. The van der Waals surface area contributed by atoms with E-state index in [1.807, 2.05) is 0 Å². The minimum absolute atomic E-state index is 0. The molecule has 7 heteroatoms. The van der Waals surface area contributed by atoms with Crippen molar-refractivity contribution in [2.75, 3.05) is 58.0 Å². The van der Waals surface area contributed by atoms with Gasteiger partial charge in [0, 0.05) is 45.6 Å². The van der Waals surface area contributed by atoms with Crippen molar-refractivity contribution in [1.29, 1.82) is 0 Å². The lowest BCUT2D eigenvalue weighted by molar-refractivity contribution is 0.0690. The van der Waals surface area contributed by atoms with Gasteiger partial charge in [0.15, 0.2) is 5.96 Å². The first-order chi connectivity index (χ1) is 13.7. The molecule has 1 saturated heterocycles. The van der Waals surface area contributed by atoms with E-state index in [4.69, 9.17) is 14.5 Å². The minimum Gasteiger partial charge on any atom is -0.382 e. The zero-order valence-electron chi connectivity index (χ0n) is 18.3. The van der Waals surface area contributed by atoms with Gasteiger partial charge in [0.05, 0.1) is 19.3 Å². The number of unbranched alkanes of at least 4 members (excludes halogenated alkanes) is 1. The number of benzene rings is 1. The van der Waals surface area contributed by atoms with E-state index in [0.29, 0.717) is 13.2 Å². The van der Waals surface area contributed by atoms with Crippen molar-refractivity contribution >= 4 is 35.6 Å². The molecule has 29 heavy (non-hydrogen) atoms. The number of halogens is 1. The lowest BCUT2D eigenvalue weighted by atomic mass is 10.1. The maximum absolute atomic E-state index is 5.50. The van der Waals surface area contributed by atoms with Gasteiger partial charge in [0.25, 0.3) is 0 Å². The topological polar surface area (TPSA) is 58.1 Å². The van der Waals surface area contributed by atoms with Crippen molar-refractivity contribution in [3.63, 3.8) is 0 Å². The summed E-state index contributed by atoms with van der Waals surface area (Å²) in [5.41, 5.74) is 2.63. The first-order valence-corrected chi connectivity index (χ1v) is 10.7. The number of nitrogens with one attached hydrogen (secondary N) is 2. The van der Waals surface area contributed by atoms with Crippen LogP contribution < -0.4 is 15.5 Å². The molecule has 0 radical (unpaired) electrons. The molecule has 0 bridgehead atoms. The summed E-state index contributed by atoms with van der Waals surface area (Å²) in [7, 11) is 1.69. The second-order valence-electron chi connectivity index (χ2n) is 7.23. The fourth-order valence-electron chi connectivity index (χ4n) is 3.33. The molecule has 6 nitrogen and oxygen atoms in total. The standard InChI is InChI=1S/C22H38N4O2.HI/c1-4-23-22(24-12-5-8-15-28-17-16-27-3)25-19(2)20-10-9-11-21(18-20)26-13-6-7-14-26;/h9-11,18-19H,4-8,12-17H2,1-3H3,(H2,23,24,25);1H. The second-order valence-corrected chi connectivity index (χ2v) is 7.23. The molecule has 1 aliphatic rings. The Morgan fingerprint density at radius 3 is 2.69 bits per heavy atom. The maximum atomic E-state index is 5.50. The monoisotopic (exact) mass is 518 g/mol. The molecule has 1 aliphatic heterocycles. The zero-order chi connectivity index (χ0) is 20.0. The van der Waals surface area contributed by atoms with Gasteiger partial charge in [-0.2, -0.15) is 0 Å². The van der Waals surface area contributed by atoms with E-state index in [1.54, 1.807) is 7.11 Å². The van der Waals surface area contributed by atoms with Crippen molar-refractivity contribution in [2.24, 2.45) is 4.99 Å². The fraction of sp³-hybridized carbons (Fsp3) is 0.682. The van der Waals surface area contributed by atoms with Gasteiger partial charge in [-0.05, 0) is 57.2 Å². The van der Waals surface area contributed by atoms with Crippen LogP contribution in [0.15, 0.2) is 29.3 Å². The molecule has 1 aromatic rings. The number of hydrogen-bond donors (Lipinski definition) is 2. The largest absolute Gasteiger partial charge is 0.382 e. The third-order valence-electron chi connectivity index (χ3n) is 4.94. The number of guanidine groups is 1. The number of rotatable bonds is 12. The molecule has 1 aromatic carbocycles. The van der Waals surface area contributed by atoms with Crippen LogP contribution in [0.4, 0.5) is 5.69 Å². The highest BCUT2D eigenvalue weighted by Crippen LogP contribution is 2.23. The Kier molecular flexibility index (Phi) is 14.1. The van der Waals surface area contributed by atoms with Crippen molar-refractivity contribution in [3.05, 3.63) is 29.8 Å². The molecule has 1 unspecified atom stereocenters. The molecule has 1 atom stereocenters. The molecule has 1 heterocycles. The Morgan fingerprint density at radius 1 is 1.17 bits per heavy atom. The highest BCUT2D eigenvalue weighted by molar-refractivity contribution is 14.0. The van der Waals surface area contributed by atoms with Gasteiger partial charge in [-0.3, -0.25) is 4.99 Å². The summed E-state index contributed by atoms with van der Waals surface area (Å²) in [4.78, 5) is 7.19. The predicted molar refractivity (Wildman–Crippen MR) is 133 cm³/mol. The lowest BCUT2D eigenvalue weighted by Crippen LogP contribution is -2.38. The summed E-state index contributed by atoms with van der Waals surface area (Å²) >= 11 is 0. The molecular formula is C22H39IN4O2. The Hall–Kier alpha value is -1.06. The van der Waals surface area contributed by atoms with E-state index >= 15 is 0 Å². The molecular weight excluding hydrogens is 479 g/mol. The molecule has 0 amide bonds. The second kappa shape index (κ2) is 15.7. The van der Waals surface area contributed by atoms with Crippen LogP contribution in [0.1, 0.15) is 51.1 Å². The SMILES string of the molecule is CCNC(=NCCCCOCCOC)NC(C)c1cccc(N2CCCC2)c1.I. The molecule has 2 rings (SSSR count). The first kappa shape index (κ1) is 26.0. The van der Waals surface area contributed by atoms with Crippen LogP contribution in [0.2, 0.25) is 0 Å². The molecule has 0 spiro atoms. The van der Waals surface area contributed by atoms with Crippen molar-refractivity contribution < 1.29 is 9.47 Å². The average Bonchev–Trinajstić information content (AvgIpc) is 3.25. The van der Waals surface area contributed by atoms with Gasteiger partial charge in [-0.25, -0.2) is 0 Å². The van der Waals surface area contributed by atoms with Gasteiger partial charge < -0.3 is 25.0 Å². The average molecular weight is 518 g/mol. The smallest absolute Gasteiger partial charge is 0.191 e. The van der Waals surface area contributed by atoms with Crippen LogP contribution in [0.25, 0.3) is 0 Å². The van der Waals surface area contributed by atoms with Gasteiger partial charge >= 0.3 is 0 Å². The number of anilines is 1. The number of nitrogens with zero attached hydrogens (tertiary/aromatic N) is 2. The molecule has 0 saturated carbocycles. The van der Waals surface area contributed by atoms with Gasteiger partial charge in [0.1, 0.15) is 0 Å². The van der Waals surface area contributed by atoms with Crippen LogP contribution in [0.5, 0.6) is 0 Å². The van der Waals surface area contributed by atoms with Crippen molar-refractivity contribution in [3.8, 4) is 0 Å². The fourth-order valence-corrected chi connectivity index (χ4v) is 3.33. The van der Waals surface area contributed by atoms with Crippen LogP contribution in [0, 0.1) is 0 Å². The summed E-state index contributed by atoms with van der Waals surface area (Å²) in [6.45, 7) is 10.4. The number of methoxy groups -OCH3 is 1. The number of aliphatic imine (C=N–C) groups is 1. The lowest BCUT2D eigenvalue weighted by Gasteiger charge is -2.22. The van der Waals surface area contributed by atoms with Crippen LogP contribution >= 0.6 is 24.0 Å². The Balaban J connectivity index is 0.00000420. The van der Waals surface area contributed by atoms with Crippen molar-refractivity contribution in [2.45, 2.75) is 45.6 Å². The summed E-state index contributed by atoms with van der Waals surface area (Å²) in [5, 5.41) is 6.90.